The first-order valence-corrected chi connectivity index (χ1v) is 6.26. The fourth-order valence-electron chi connectivity index (χ4n) is 2.15. The van der Waals surface area contributed by atoms with Crippen LogP contribution >= 0.6 is 0 Å². The van der Waals surface area contributed by atoms with Gasteiger partial charge in [-0.3, -0.25) is 0 Å². The predicted octanol–water partition coefficient (Wildman–Crippen LogP) is 2.79. The number of aryl methyl sites for hydroxylation is 1. The molecule has 0 saturated carbocycles. The molecule has 1 heterocycles. The largest absolute Gasteiger partial charge is 0.463 e. The van der Waals surface area contributed by atoms with Crippen LogP contribution in [0.1, 0.15) is 18.1 Å². The molecular weight excluding hydrogens is 287 g/mol. The van der Waals surface area contributed by atoms with Crippen LogP contribution < -0.4 is 0 Å². The van der Waals surface area contributed by atoms with Crippen LogP contribution in [0.2, 0.25) is 0 Å². The van der Waals surface area contributed by atoms with Crippen LogP contribution in [0.15, 0.2) is 24.4 Å². The molecule has 1 atom stereocenters. The minimum absolute atomic E-state index is 0.119. The molecule has 2 N–H and O–H groups in total. The van der Waals surface area contributed by atoms with E-state index in [1.54, 1.807) is 19.1 Å². The van der Waals surface area contributed by atoms with Crippen LogP contribution in [0.25, 0.3) is 10.9 Å². The van der Waals surface area contributed by atoms with Gasteiger partial charge >= 0.3 is 12.1 Å². The first kappa shape index (κ1) is 15.4. The Hall–Kier alpha value is -2.02. The number of ether oxygens (including phenoxy) is 1. The Bertz CT molecular complexity index is 678. The van der Waals surface area contributed by atoms with Gasteiger partial charge in [-0.2, -0.15) is 13.2 Å². The molecule has 0 bridgehead atoms. The molecule has 0 aliphatic rings. The molecule has 114 valence electrons. The van der Waals surface area contributed by atoms with Gasteiger partial charge in [0.2, 0.25) is 0 Å². The van der Waals surface area contributed by atoms with Crippen LogP contribution in [-0.2, 0) is 15.1 Å². The second-order valence-corrected chi connectivity index (χ2v) is 4.68. The maximum absolute atomic E-state index is 13.3. The molecule has 0 amide bonds. The average Bonchev–Trinajstić information content (AvgIpc) is 2.79. The molecular formula is C14H14F3NO3. The average molecular weight is 301 g/mol. The number of rotatable bonds is 3. The van der Waals surface area contributed by atoms with E-state index < -0.39 is 23.3 Å². The fraction of sp³-hybridized carbons (Fsp3) is 0.357. The first-order valence-electron chi connectivity index (χ1n) is 6.26. The number of aromatic amines is 1. The third kappa shape index (κ3) is 2.37. The van der Waals surface area contributed by atoms with Crippen molar-refractivity contribution in [1.29, 1.82) is 0 Å². The summed E-state index contributed by atoms with van der Waals surface area (Å²) in [5, 5.41) is 10.2. The van der Waals surface area contributed by atoms with Crippen molar-refractivity contribution in [3.8, 4) is 0 Å². The number of H-pyrrole nitrogens is 1. The molecule has 0 radical (unpaired) electrons. The maximum atomic E-state index is 13.3. The second-order valence-electron chi connectivity index (χ2n) is 4.68. The van der Waals surface area contributed by atoms with E-state index in [0.717, 1.165) is 11.8 Å². The van der Waals surface area contributed by atoms with Gasteiger partial charge in [0.25, 0.3) is 5.60 Å². The molecule has 0 aliphatic heterocycles. The van der Waals surface area contributed by atoms with E-state index in [1.165, 1.54) is 13.0 Å². The number of benzene rings is 1. The Balaban J connectivity index is 2.68. The van der Waals surface area contributed by atoms with Crippen molar-refractivity contribution in [2.75, 3.05) is 6.61 Å². The molecule has 2 rings (SSSR count). The van der Waals surface area contributed by atoms with Crippen molar-refractivity contribution in [3.05, 3.63) is 35.5 Å². The standard InChI is InChI=1S/C14H14F3NO3/c1-3-21-12(19)13(20,14(15,16)17)10-7-18-11-6-8(2)4-5-9(10)11/h4-7,18,20H,3H2,1-2H3/t13-/m1/s1. The Kier molecular flexibility index (Phi) is 3.71. The summed E-state index contributed by atoms with van der Waals surface area (Å²) in [5.74, 6) is -1.74. The highest BCUT2D eigenvalue weighted by molar-refractivity contribution is 5.92. The number of fused-ring (bicyclic) bond motifs is 1. The highest BCUT2D eigenvalue weighted by Crippen LogP contribution is 2.42. The molecule has 0 aliphatic carbocycles. The van der Waals surface area contributed by atoms with Crippen molar-refractivity contribution in [2.24, 2.45) is 0 Å². The van der Waals surface area contributed by atoms with E-state index in [4.69, 9.17) is 0 Å². The molecule has 0 fully saturated rings. The van der Waals surface area contributed by atoms with E-state index in [0.29, 0.717) is 5.52 Å². The fourth-order valence-corrected chi connectivity index (χ4v) is 2.15. The van der Waals surface area contributed by atoms with Crippen LogP contribution in [0.3, 0.4) is 0 Å². The number of halogens is 3. The van der Waals surface area contributed by atoms with Crippen molar-refractivity contribution < 1.29 is 27.8 Å². The number of aromatic nitrogens is 1. The number of carbonyl (C=O) groups is 1. The summed E-state index contributed by atoms with van der Waals surface area (Å²) < 4.78 is 44.3. The van der Waals surface area contributed by atoms with Gasteiger partial charge in [-0.25, -0.2) is 4.79 Å². The summed E-state index contributed by atoms with van der Waals surface area (Å²) in [6, 6.07) is 4.65. The molecule has 4 nitrogen and oxygen atoms in total. The third-order valence-corrected chi connectivity index (χ3v) is 3.21. The summed E-state index contributed by atoms with van der Waals surface area (Å²) in [6.45, 7) is 2.88. The van der Waals surface area contributed by atoms with Crippen LogP contribution in [0, 0.1) is 6.92 Å². The minimum atomic E-state index is -5.20. The lowest BCUT2D eigenvalue weighted by atomic mass is 9.92. The van der Waals surface area contributed by atoms with Gasteiger partial charge in [0.05, 0.1) is 6.61 Å². The monoisotopic (exact) mass is 301 g/mol. The summed E-state index contributed by atoms with van der Waals surface area (Å²) in [7, 11) is 0. The van der Waals surface area contributed by atoms with Gasteiger partial charge in [0.1, 0.15) is 0 Å². The second kappa shape index (κ2) is 5.07. The SMILES string of the molecule is CCOC(=O)[C@](O)(c1c[nH]c2cc(C)ccc12)C(F)(F)F. The lowest BCUT2D eigenvalue weighted by Crippen LogP contribution is -2.50. The van der Waals surface area contributed by atoms with E-state index in [-0.39, 0.29) is 12.0 Å². The molecule has 2 aromatic rings. The number of esters is 1. The zero-order valence-electron chi connectivity index (χ0n) is 11.4. The highest BCUT2D eigenvalue weighted by Gasteiger charge is 2.63. The zero-order valence-corrected chi connectivity index (χ0v) is 11.4. The third-order valence-electron chi connectivity index (χ3n) is 3.21. The van der Waals surface area contributed by atoms with Crippen LogP contribution in [-0.4, -0.2) is 28.8 Å². The number of aliphatic hydroxyl groups is 1. The summed E-state index contributed by atoms with van der Waals surface area (Å²) in [6.07, 6.45) is -4.21. The van der Waals surface area contributed by atoms with Crippen molar-refractivity contribution in [2.45, 2.75) is 25.6 Å². The van der Waals surface area contributed by atoms with Gasteiger partial charge in [-0.05, 0) is 25.5 Å². The van der Waals surface area contributed by atoms with E-state index >= 15 is 0 Å². The topological polar surface area (TPSA) is 62.3 Å². The molecule has 0 saturated heterocycles. The smallest absolute Gasteiger partial charge is 0.432 e. The molecule has 1 aromatic carbocycles. The first-order chi connectivity index (χ1) is 9.71. The summed E-state index contributed by atoms with van der Waals surface area (Å²) in [4.78, 5) is 14.4. The van der Waals surface area contributed by atoms with Crippen molar-refractivity contribution in [3.63, 3.8) is 0 Å². The molecule has 7 heteroatoms. The summed E-state index contributed by atoms with van der Waals surface area (Å²) >= 11 is 0. The summed E-state index contributed by atoms with van der Waals surface area (Å²) in [5.41, 5.74) is -3.03. The Morgan fingerprint density at radius 3 is 2.62 bits per heavy atom. The van der Waals surface area contributed by atoms with Gasteiger partial charge in [-0.15, -0.1) is 0 Å². The zero-order chi connectivity index (χ0) is 15.8. The quantitative estimate of drug-likeness (QED) is 0.857. The number of alkyl halides is 3. The Morgan fingerprint density at radius 1 is 1.38 bits per heavy atom. The molecule has 0 spiro atoms. The lowest BCUT2D eigenvalue weighted by Gasteiger charge is -2.27. The Labute approximate surface area is 118 Å². The number of carbonyl (C=O) groups excluding carboxylic acids is 1. The van der Waals surface area contributed by atoms with Crippen molar-refractivity contribution >= 4 is 16.9 Å². The molecule has 1 aromatic heterocycles. The van der Waals surface area contributed by atoms with Gasteiger partial charge in [-0.1, -0.05) is 12.1 Å². The van der Waals surface area contributed by atoms with E-state index in [2.05, 4.69) is 9.72 Å². The molecule has 21 heavy (non-hydrogen) atoms. The van der Waals surface area contributed by atoms with Gasteiger partial charge in [0.15, 0.2) is 0 Å². The lowest BCUT2D eigenvalue weighted by molar-refractivity contribution is -0.267. The number of hydrogen-bond acceptors (Lipinski definition) is 3. The maximum Gasteiger partial charge on any atom is 0.432 e. The number of nitrogens with one attached hydrogen (secondary N) is 1. The predicted molar refractivity (Wildman–Crippen MR) is 69.6 cm³/mol. The number of hydrogen-bond donors (Lipinski definition) is 2. The van der Waals surface area contributed by atoms with E-state index in [1.807, 2.05) is 0 Å². The van der Waals surface area contributed by atoms with Crippen LogP contribution in [0.5, 0.6) is 0 Å². The normalized spacial score (nSPS) is 15.0. The van der Waals surface area contributed by atoms with E-state index in [9.17, 15) is 23.1 Å². The van der Waals surface area contributed by atoms with Crippen LogP contribution in [0.4, 0.5) is 13.2 Å². The minimum Gasteiger partial charge on any atom is -0.463 e. The van der Waals surface area contributed by atoms with Crippen molar-refractivity contribution in [1.82, 2.24) is 4.98 Å². The molecule has 0 unspecified atom stereocenters. The van der Waals surface area contributed by atoms with Gasteiger partial charge < -0.3 is 14.8 Å². The highest BCUT2D eigenvalue weighted by atomic mass is 19.4. The Morgan fingerprint density at radius 2 is 2.05 bits per heavy atom. The van der Waals surface area contributed by atoms with Gasteiger partial charge in [0, 0.05) is 22.7 Å².